The Hall–Kier alpha value is -3.55. The maximum absolute atomic E-state index is 13.4. The van der Waals surface area contributed by atoms with Crippen LogP contribution in [-0.4, -0.2) is 22.5 Å². The minimum Gasteiger partial charge on any atom is -0.492 e. The Morgan fingerprint density at radius 2 is 1.86 bits per heavy atom. The van der Waals surface area contributed by atoms with Gasteiger partial charge in [-0.15, -0.1) is 0 Å². The maximum Gasteiger partial charge on any atom is 0.274 e. The predicted octanol–water partition coefficient (Wildman–Crippen LogP) is 4.46. The first-order valence-corrected chi connectivity index (χ1v) is 8.57. The summed E-state index contributed by atoms with van der Waals surface area (Å²) in [6, 6.07) is 11.9. The Morgan fingerprint density at radius 3 is 2.61 bits per heavy atom. The van der Waals surface area contributed by atoms with Gasteiger partial charge < -0.3 is 15.4 Å². The van der Waals surface area contributed by atoms with Crippen LogP contribution in [0, 0.1) is 18.6 Å². The first kappa shape index (κ1) is 19.2. The zero-order chi connectivity index (χ0) is 20.1. The minimum absolute atomic E-state index is 0.115. The third-order valence-electron chi connectivity index (χ3n) is 3.70. The number of ether oxygens (including phenoxy) is 1. The summed E-state index contributed by atoms with van der Waals surface area (Å²) in [6.45, 7) is 3.94. The molecular formula is C20H18F2N4O2. The predicted molar refractivity (Wildman–Crippen MR) is 102 cm³/mol. The largest absolute Gasteiger partial charge is 0.492 e. The van der Waals surface area contributed by atoms with Crippen LogP contribution in [0.3, 0.4) is 0 Å². The van der Waals surface area contributed by atoms with E-state index in [-0.39, 0.29) is 11.5 Å². The Morgan fingerprint density at radius 1 is 1.07 bits per heavy atom. The van der Waals surface area contributed by atoms with Crippen molar-refractivity contribution in [2.24, 2.45) is 0 Å². The third kappa shape index (κ3) is 4.59. The third-order valence-corrected chi connectivity index (χ3v) is 3.70. The van der Waals surface area contributed by atoms with Gasteiger partial charge in [0, 0.05) is 17.8 Å². The SMILES string of the molecule is CCOc1ccccc1NC(=O)c1cc(Nc2ccc(F)c(F)c2)nc(C)n1. The zero-order valence-electron chi connectivity index (χ0n) is 15.3. The summed E-state index contributed by atoms with van der Waals surface area (Å²) in [5.74, 6) is -1.22. The molecule has 0 aliphatic rings. The van der Waals surface area contributed by atoms with Gasteiger partial charge in [0.15, 0.2) is 11.6 Å². The number of amides is 1. The molecule has 0 spiro atoms. The lowest BCUT2D eigenvalue weighted by molar-refractivity contribution is 0.102. The highest BCUT2D eigenvalue weighted by Gasteiger charge is 2.14. The molecule has 0 saturated carbocycles. The number of nitrogens with one attached hydrogen (secondary N) is 2. The van der Waals surface area contributed by atoms with Crippen LogP contribution in [0.25, 0.3) is 0 Å². The second-order valence-corrected chi connectivity index (χ2v) is 5.82. The van der Waals surface area contributed by atoms with Gasteiger partial charge in [-0.25, -0.2) is 18.7 Å². The van der Waals surface area contributed by atoms with E-state index in [1.54, 1.807) is 31.2 Å². The average Bonchev–Trinajstić information content (AvgIpc) is 2.66. The molecule has 3 rings (SSSR count). The Balaban J connectivity index is 1.82. The van der Waals surface area contributed by atoms with Gasteiger partial charge in [-0.3, -0.25) is 4.79 Å². The van der Waals surface area contributed by atoms with Gasteiger partial charge in [0.25, 0.3) is 5.91 Å². The Bertz CT molecular complexity index is 1010. The lowest BCUT2D eigenvalue weighted by Gasteiger charge is -2.12. The fraction of sp³-hybridized carbons (Fsp3) is 0.150. The molecule has 3 aromatic rings. The Labute approximate surface area is 160 Å². The number of benzene rings is 2. The van der Waals surface area contributed by atoms with Crippen molar-refractivity contribution in [2.75, 3.05) is 17.2 Å². The molecule has 0 unspecified atom stereocenters. The second kappa shape index (κ2) is 8.43. The van der Waals surface area contributed by atoms with Gasteiger partial charge in [0.05, 0.1) is 12.3 Å². The van der Waals surface area contributed by atoms with Gasteiger partial charge in [-0.2, -0.15) is 0 Å². The molecule has 0 bridgehead atoms. The van der Waals surface area contributed by atoms with Crippen molar-refractivity contribution >= 4 is 23.1 Å². The lowest BCUT2D eigenvalue weighted by atomic mass is 10.2. The van der Waals surface area contributed by atoms with Crippen LogP contribution in [0.1, 0.15) is 23.2 Å². The molecule has 0 atom stereocenters. The number of carbonyl (C=O) groups excluding carboxylic acids is 1. The molecule has 2 aromatic carbocycles. The molecule has 0 aliphatic heterocycles. The summed E-state index contributed by atoms with van der Waals surface area (Å²) < 4.78 is 32.0. The van der Waals surface area contributed by atoms with Gasteiger partial charge in [0.1, 0.15) is 23.1 Å². The van der Waals surface area contributed by atoms with E-state index < -0.39 is 17.5 Å². The molecule has 6 nitrogen and oxygen atoms in total. The van der Waals surface area contributed by atoms with Crippen molar-refractivity contribution in [2.45, 2.75) is 13.8 Å². The fourth-order valence-electron chi connectivity index (χ4n) is 2.51. The highest BCUT2D eigenvalue weighted by molar-refractivity contribution is 6.04. The summed E-state index contributed by atoms with van der Waals surface area (Å²) in [4.78, 5) is 20.9. The van der Waals surface area contributed by atoms with E-state index in [4.69, 9.17) is 4.74 Å². The van der Waals surface area contributed by atoms with Crippen LogP contribution in [-0.2, 0) is 0 Å². The standard InChI is InChI=1S/C20H18F2N4O2/c1-3-28-18-7-5-4-6-16(18)26-20(27)17-11-19(24-12(2)23-17)25-13-8-9-14(21)15(22)10-13/h4-11H,3H2,1-2H3,(H,26,27)(H,23,24,25). The lowest BCUT2D eigenvalue weighted by Crippen LogP contribution is -2.16. The number of halogens is 2. The van der Waals surface area contributed by atoms with E-state index >= 15 is 0 Å². The van der Waals surface area contributed by atoms with E-state index in [9.17, 15) is 13.6 Å². The molecule has 1 aromatic heterocycles. The van der Waals surface area contributed by atoms with Crippen LogP contribution >= 0.6 is 0 Å². The van der Waals surface area contributed by atoms with E-state index in [2.05, 4.69) is 20.6 Å². The topological polar surface area (TPSA) is 76.1 Å². The van der Waals surface area contributed by atoms with Crippen LogP contribution < -0.4 is 15.4 Å². The highest BCUT2D eigenvalue weighted by atomic mass is 19.2. The number of hydrogen-bond donors (Lipinski definition) is 2. The van der Waals surface area contributed by atoms with Crippen molar-refractivity contribution in [3.63, 3.8) is 0 Å². The maximum atomic E-state index is 13.4. The molecule has 0 saturated heterocycles. The first-order chi connectivity index (χ1) is 13.5. The number of para-hydroxylation sites is 2. The highest BCUT2D eigenvalue weighted by Crippen LogP contribution is 2.24. The van der Waals surface area contributed by atoms with Crippen LogP contribution in [0.2, 0.25) is 0 Å². The van der Waals surface area contributed by atoms with Gasteiger partial charge in [-0.1, -0.05) is 12.1 Å². The van der Waals surface area contributed by atoms with Crippen LogP contribution in [0.5, 0.6) is 5.75 Å². The van der Waals surface area contributed by atoms with Crippen molar-refractivity contribution in [3.8, 4) is 5.75 Å². The number of aromatic nitrogens is 2. The zero-order valence-corrected chi connectivity index (χ0v) is 15.3. The van der Waals surface area contributed by atoms with Crippen molar-refractivity contribution in [3.05, 3.63) is 71.7 Å². The number of nitrogens with zero attached hydrogens (tertiary/aromatic N) is 2. The molecule has 0 radical (unpaired) electrons. The average molecular weight is 384 g/mol. The van der Waals surface area contributed by atoms with Crippen molar-refractivity contribution < 1.29 is 18.3 Å². The number of carbonyl (C=O) groups is 1. The quantitative estimate of drug-likeness (QED) is 0.656. The fourth-order valence-corrected chi connectivity index (χ4v) is 2.51. The smallest absolute Gasteiger partial charge is 0.274 e. The number of anilines is 3. The summed E-state index contributed by atoms with van der Waals surface area (Å²) in [5.41, 5.74) is 0.926. The molecule has 28 heavy (non-hydrogen) atoms. The molecule has 0 aliphatic carbocycles. The van der Waals surface area contributed by atoms with Crippen molar-refractivity contribution in [1.82, 2.24) is 9.97 Å². The van der Waals surface area contributed by atoms with Crippen LogP contribution in [0.15, 0.2) is 48.5 Å². The first-order valence-electron chi connectivity index (χ1n) is 8.57. The van der Waals surface area contributed by atoms with E-state index in [0.717, 1.165) is 12.1 Å². The minimum atomic E-state index is -0.985. The van der Waals surface area contributed by atoms with E-state index in [0.29, 0.717) is 29.6 Å². The molecule has 0 fully saturated rings. The summed E-state index contributed by atoms with van der Waals surface area (Å²) in [6.07, 6.45) is 0. The molecule has 1 amide bonds. The van der Waals surface area contributed by atoms with Crippen molar-refractivity contribution in [1.29, 1.82) is 0 Å². The van der Waals surface area contributed by atoms with E-state index in [1.807, 2.05) is 6.92 Å². The summed E-state index contributed by atoms with van der Waals surface area (Å²) in [5, 5.41) is 5.60. The molecule has 144 valence electrons. The van der Waals surface area contributed by atoms with Gasteiger partial charge in [-0.05, 0) is 38.1 Å². The normalized spacial score (nSPS) is 10.4. The van der Waals surface area contributed by atoms with Gasteiger partial charge in [0.2, 0.25) is 0 Å². The van der Waals surface area contributed by atoms with Crippen LogP contribution in [0.4, 0.5) is 26.0 Å². The molecule has 2 N–H and O–H groups in total. The molecular weight excluding hydrogens is 366 g/mol. The second-order valence-electron chi connectivity index (χ2n) is 5.82. The summed E-state index contributed by atoms with van der Waals surface area (Å²) >= 11 is 0. The number of hydrogen-bond acceptors (Lipinski definition) is 5. The molecule has 1 heterocycles. The number of rotatable bonds is 6. The molecule has 8 heteroatoms. The summed E-state index contributed by atoms with van der Waals surface area (Å²) in [7, 11) is 0. The van der Waals surface area contributed by atoms with E-state index in [1.165, 1.54) is 12.1 Å². The van der Waals surface area contributed by atoms with Gasteiger partial charge >= 0.3 is 0 Å². The monoisotopic (exact) mass is 384 g/mol. The number of aryl methyl sites for hydroxylation is 1. The Kier molecular flexibility index (Phi) is 5.78.